The molecule has 0 radical (unpaired) electrons. The molecular formula is C15H16ClN3O4. The van der Waals surface area contributed by atoms with E-state index in [1.165, 1.54) is 15.8 Å². The first-order valence-corrected chi connectivity index (χ1v) is 7.25. The average molecular weight is 338 g/mol. The van der Waals surface area contributed by atoms with Crippen molar-refractivity contribution >= 4 is 29.2 Å². The van der Waals surface area contributed by atoms with Crippen LogP contribution in [-0.4, -0.2) is 40.4 Å². The van der Waals surface area contributed by atoms with Gasteiger partial charge in [0.2, 0.25) is 0 Å². The van der Waals surface area contributed by atoms with Crippen molar-refractivity contribution in [2.75, 3.05) is 18.6 Å². The Bertz CT molecular complexity index is 712. The van der Waals surface area contributed by atoms with Crippen LogP contribution in [0.25, 0.3) is 0 Å². The van der Waals surface area contributed by atoms with Crippen molar-refractivity contribution in [1.29, 1.82) is 0 Å². The SMILES string of the molecule is CCn1ncc(Cl)c1C(=O)N(C)c1ccc(OCC(=O)O)cc1. The van der Waals surface area contributed by atoms with Crippen LogP contribution in [-0.2, 0) is 11.3 Å². The maximum Gasteiger partial charge on any atom is 0.341 e. The second-order valence-corrected chi connectivity index (χ2v) is 5.10. The fourth-order valence-corrected chi connectivity index (χ4v) is 2.22. The van der Waals surface area contributed by atoms with E-state index in [-0.39, 0.29) is 5.91 Å². The smallest absolute Gasteiger partial charge is 0.341 e. The fourth-order valence-electron chi connectivity index (χ4n) is 2.00. The summed E-state index contributed by atoms with van der Waals surface area (Å²) in [5.41, 5.74) is 0.945. The molecule has 0 aliphatic carbocycles. The van der Waals surface area contributed by atoms with Crippen LogP contribution in [0, 0.1) is 0 Å². The molecule has 0 aliphatic rings. The second-order valence-electron chi connectivity index (χ2n) is 4.70. The van der Waals surface area contributed by atoms with Gasteiger partial charge in [-0.15, -0.1) is 0 Å². The lowest BCUT2D eigenvalue weighted by Crippen LogP contribution is -2.28. The Hall–Kier alpha value is -2.54. The van der Waals surface area contributed by atoms with Gasteiger partial charge in [-0.1, -0.05) is 11.6 Å². The summed E-state index contributed by atoms with van der Waals surface area (Å²) >= 11 is 6.04. The zero-order valence-electron chi connectivity index (χ0n) is 12.7. The van der Waals surface area contributed by atoms with Gasteiger partial charge in [0.1, 0.15) is 11.4 Å². The number of carbonyl (C=O) groups excluding carboxylic acids is 1. The van der Waals surface area contributed by atoms with Gasteiger partial charge in [-0.2, -0.15) is 5.10 Å². The van der Waals surface area contributed by atoms with Crippen molar-refractivity contribution in [1.82, 2.24) is 9.78 Å². The van der Waals surface area contributed by atoms with E-state index in [0.717, 1.165) is 0 Å². The van der Waals surface area contributed by atoms with Crippen LogP contribution in [0.1, 0.15) is 17.4 Å². The summed E-state index contributed by atoms with van der Waals surface area (Å²) < 4.78 is 6.59. The highest BCUT2D eigenvalue weighted by Gasteiger charge is 2.21. The molecule has 8 heteroatoms. The van der Waals surface area contributed by atoms with Gasteiger partial charge in [-0.3, -0.25) is 9.48 Å². The molecule has 0 atom stereocenters. The molecule has 1 amide bonds. The average Bonchev–Trinajstić information content (AvgIpc) is 2.92. The van der Waals surface area contributed by atoms with Crippen LogP contribution in [0.2, 0.25) is 5.02 Å². The number of hydrogen-bond donors (Lipinski definition) is 1. The molecule has 0 aliphatic heterocycles. The molecule has 0 saturated carbocycles. The number of halogens is 1. The monoisotopic (exact) mass is 337 g/mol. The summed E-state index contributed by atoms with van der Waals surface area (Å²) in [4.78, 5) is 24.5. The molecule has 0 saturated heterocycles. The van der Waals surface area contributed by atoms with Crippen LogP contribution in [0.15, 0.2) is 30.5 Å². The van der Waals surface area contributed by atoms with Gasteiger partial charge in [0, 0.05) is 19.3 Å². The van der Waals surface area contributed by atoms with Gasteiger partial charge in [-0.25, -0.2) is 4.79 Å². The Balaban J connectivity index is 2.16. The zero-order valence-corrected chi connectivity index (χ0v) is 13.4. The Morgan fingerprint density at radius 3 is 2.57 bits per heavy atom. The van der Waals surface area contributed by atoms with Gasteiger partial charge in [0.05, 0.1) is 11.2 Å². The third-order valence-corrected chi connectivity index (χ3v) is 3.46. The number of carboxylic acids is 1. The molecule has 0 bridgehead atoms. The van der Waals surface area contributed by atoms with Crippen molar-refractivity contribution < 1.29 is 19.4 Å². The minimum Gasteiger partial charge on any atom is -0.482 e. The predicted molar refractivity (Wildman–Crippen MR) is 85.2 cm³/mol. The van der Waals surface area contributed by atoms with Crippen molar-refractivity contribution in [2.45, 2.75) is 13.5 Å². The molecule has 0 fully saturated rings. The summed E-state index contributed by atoms with van der Waals surface area (Å²) in [5.74, 6) is -0.925. The van der Waals surface area contributed by atoms with Gasteiger partial charge < -0.3 is 14.7 Å². The van der Waals surface area contributed by atoms with Crippen LogP contribution in [0.3, 0.4) is 0 Å². The van der Waals surface area contributed by atoms with E-state index in [2.05, 4.69) is 5.10 Å². The van der Waals surface area contributed by atoms with E-state index in [1.54, 1.807) is 31.3 Å². The summed E-state index contributed by atoms with van der Waals surface area (Å²) in [6, 6.07) is 6.52. The quantitative estimate of drug-likeness (QED) is 0.874. The van der Waals surface area contributed by atoms with Crippen LogP contribution in [0.5, 0.6) is 5.75 Å². The first-order chi connectivity index (χ1) is 10.9. The molecule has 1 heterocycles. The lowest BCUT2D eigenvalue weighted by atomic mass is 10.2. The van der Waals surface area contributed by atoms with E-state index in [0.29, 0.717) is 28.7 Å². The number of rotatable bonds is 6. The highest BCUT2D eigenvalue weighted by molar-refractivity contribution is 6.34. The fraction of sp³-hybridized carbons (Fsp3) is 0.267. The number of benzene rings is 1. The Kier molecular flexibility index (Phi) is 5.23. The molecule has 122 valence electrons. The predicted octanol–water partition coefficient (Wildman–Crippen LogP) is 2.30. The largest absolute Gasteiger partial charge is 0.482 e. The highest BCUT2D eigenvalue weighted by atomic mass is 35.5. The van der Waals surface area contributed by atoms with Crippen molar-refractivity contribution in [2.24, 2.45) is 0 Å². The Labute approximate surface area is 138 Å². The number of hydrogen-bond acceptors (Lipinski definition) is 4. The third-order valence-electron chi connectivity index (χ3n) is 3.19. The summed E-state index contributed by atoms with van der Waals surface area (Å²) in [6.07, 6.45) is 1.44. The molecule has 0 spiro atoms. The minimum atomic E-state index is -1.05. The van der Waals surface area contributed by atoms with Gasteiger partial charge in [-0.05, 0) is 31.2 Å². The normalized spacial score (nSPS) is 10.4. The number of carboxylic acid groups (broad SMARTS) is 1. The third kappa shape index (κ3) is 3.81. The molecular weight excluding hydrogens is 322 g/mol. The summed E-state index contributed by atoms with van der Waals surface area (Å²) in [6.45, 7) is 1.98. The van der Waals surface area contributed by atoms with Crippen LogP contribution >= 0.6 is 11.6 Å². The molecule has 2 rings (SSSR count). The second kappa shape index (κ2) is 7.15. The molecule has 0 unspecified atom stereocenters. The number of ether oxygens (including phenoxy) is 1. The van der Waals surface area contributed by atoms with Crippen LogP contribution in [0.4, 0.5) is 5.69 Å². The lowest BCUT2D eigenvalue weighted by Gasteiger charge is -2.18. The number of aryl methyl sites for hydroxylation is 1. The first kappa shape index (κ1) is 16.8. The lowest BCUT2D eigenvalue weighted by molar-refractivity contribution is -0.139. The molecule has 1 N–H and O–H groups in total. The number of amides is 1. The zero-order chi connectivity index (χ0) is 17.0. The van der Waals surface area contributed by atoms with Gasteiger partial charge >= 0.3 is 5.97 Å². The molecule has 1 aromatic heterocycles. The van der Waals surface area contributed by atoms with E-state index in [9.17, 15) is 9.59 Å². The topological polar surface area (TPSA) is 84.7 Å². The van der Waals surface area contributed by atoms with E-state index < -0.39 is 12.6 Å². The molecule has 7 nitrogen and oxygen atoms in total. The first-order valence-electron chi connectivity index (χ1n) is 6.88. The Morgan fingerprint density at radius 1 is 1.35 bits per heavy atom. The summed E-state index contributed by atoms with van der Waals surface area (Å²) in [5, 5.41) is 12.9. The standard InChI is InChI=1S/C15H16ClN3O4/c1-3-19-14(12(16)8-17-19)15(22)18(2)10-4-6-11(7-5-10)23-9-13(20)21/h4-8H,3,9H2,1-2H3,(H,20,21). The molecule has 2 aromatic rings. The van der Waals surface area contributed by atoms with Crippen molar-refractivity contribution in [3.05, 3.63) is 41.2 Å². The molecule has 23 heavy (non-hydrogen) atoms. The number of carbonyl (C=O) groups is 2. The van der Waals surface area contributed by atoms with Crippen LogP contribution < -0.4 is 9.64 Å². The maximum atomic E-state index is 12.6. The number of aliphatic carboxylic acids is 1. The van der Waals surface area contributed by atoms with Crippen molar-refractivity contribution in [3.8, 4) is 5.75 Å². The molecule has 1 aromatic carbocycles. The summed E-state index contributed by atoms with van der Waals surface area (Å²) in [7, 11) is 1.62. The van der Waals surface area contributed by atoms with Gasteiger partial charge in [0.15, 0.2) is 6.61 Å². The number of nitrogens with zero attached hydrogens (tertiary/aromatic N) is 3. The highest BCUT2D eigenvalue weighted by Crippen LogP contribution is 2.23. The van der Waals surface area contributed by atoms with E-state index in [1.807, 2.05) is 6.92 Å². The van der Waals surface area contributed by atoms with E-state index in [4.69, 9.17) is 21.4 Å². The Morgan fingerprint density at radius 2 is 2.00 bits per heavy atom. The minimum absolute atomic E-state index is 0.284. The maximum absolute atomic E-state index is 12.6. The number of anilines is 1. The van der Waals surface area contributed by atoms with Gasteiger partial charge in [0.25, 0.3) is 5.91 Å². The number of aromatic nitrogens is 2. The van der Waals surface area contributed by atoms with Crippen molar-refractivity contribution in [3.63, 3.8) is 0 Å². The van der Waals surface area contributed by atoms with E-state index >= 15 is 0 Å².